The first-order valence-electron chi connectivity index (χ1n) is 5.55. The first-order chi connectivity index (χ1) is 8.70. The molecule has 0 aromatic heterocycles. The molecule has 0 radical (unpaired) electrons. The van der Waals surface area contributed by atoms with Gasteiger partial charge in [-0.1, -0.05) is 18.2 Å². The minimum atomic E-state index is -0.280. The molecule has 0 atom stereocenters. The zero-order valence-corrected chi connectivity index (χ0v) is 11.3. The van der Waals surface area contributed by atoms with Gasteiger partial charge in [0.05, 0.1) is 4.47 Å². The summed E-state index contributed by atoms with van der Waals surface area (Å²) in [5.74, 6) is 0.447. The first-order valence-corrected chi connectivity index (χ1v) is 6.34. The van der Waals surface area contributed by atoms with E-state index in [1.807, 2.05) is 24.3 Å². The monoisotopic (exact) mass is 309 g/mol. The van der Waals surface area contributed by atoms with E-state index in [9.17, 15) is 4.39 Å². The molecule has 2 nitrogen and oxygen atoms in total. The van der Waals surface area contributed by atoms with Crippen molar-refractivity contribution < 1.29 is 9.13 Å². The summed E-state index contributed by atoms with van der Waals surface area (Å²) < 4.78 is 19.7. The van der Waals surface area contributed by atoms with Crippen LogP contribution in [0, 0.1) is 5.82 Å². The molecule has 2 rings (SSSR count). The molecule has 0 aliphatic heterocycles. The van der Waals surface area contributed by atoms with Gasteiger partial charge < -0.3 is 10.5 Å². The van der Waals surface area contributed by atoms with Gasteiger partial charge in [-0.05, 0) is 51.3 Å². The van der Waals surface area contributed by atoms with Gasteiger partial charge in [-0.15, -0.1) is 0 Å². The van der Waals surface area contributed by atoms with E-state index >= 15 is 0 Å². The Morgan fingerprint density at radius 1 is 1.11 bits per heavy atom. The minimum absolute atomic E-state index is 0.280. The molecule has 0 aliphatic rings. The van der Waals surface area contributed by atoms with E-state index in [0.29, 0.717) is 13.2 Å². The first kappa shape index (κ1) is 13.1. The van der Waals surface area contributed by atoms with Crippen molar-refractivity contribution in [1.29, 1.82) is 0 Å². The molecule has 0 aliphatic carbocycles. The third kappa shape index (κ3) is 3.09. The number of hydrogen-bond acceptors (Lipinski definition) is 2. The smallest absolute Gasteiger partial charge is 0.133 e. The van der Waals surface area contributed by atoms with Crippen LogP contribution < -0.4 is 10.5 Å². The standard InChI is InChI=1S/C14H13BrFNO/c15-13-3-1-2-4-14(13)18-9-11-7-12(16)6-5-10(11)8-17/h1-7H,8-9,17H2. The molecule has 0 fully saturated rings. The van der Waals surface area contributed by atoms with Gasteiger partial charge in [0.2, 0.25) is 0 Å². The normalized spacial score (nSPS) is 10.4. The Hall–Kier alpha value is -1.39. The lowest BCUT2D eigenvalue weighted by atomic mass is 10.1. The van der Waals surface area contributed by atoms with Gasteiger partial charge in [0.1, 0.15) is 18.2 Å². The van der Waals surface area contributed by atoms with Crippen LogP contribution in [-0.4, -0.2) is 0 Å². The topological polar surface area (TPSA) is 35.2 Å². The molecule has 4 heteroatoms. The highest BCUT2D eigenvalue weighted by Gasteiger charge is 2.05. The molecule has 0 bridgehead atoms. The SMILES string of the molecule is NCc1ccc(F)cc1COc1ccccc1Br. The van der Waals surface area contributed by atoms with E-state index in [-0.39, 0.29) is 5.82 Å². The van der Waals surface area contributed by atoms with Gasteiger partial charge in [0.15, 0.2) is 0 Å². The lowest BCUT2D eigenvalue weighted by molar-refractivity contribution is 0.302. The number of ether oxygens (including phenoxy) is 1. The predicted molar refractivity (Wildman–Crippen MR) is 72.8 cm³/mol. The Morgan fingerprint density at radius 3 is 2.61 bits per heavy atom. The molecule has 0 spiro atoms. The molecule has 2 aromatic rings. The van der Waals surface area contributed by atoms with Crippen LogP contribution in [0.4, 0.5) is 4.39 Å². The number of benzene rings is 2. The Morgan fingerprint density at radius 2 is 1.89 bits per heavy atom. The fourth-order valence-corrected chi connectivity index (χ4v) is 2.04. The van der Waals surface area contributed by atoms with Crippen molar-refractivity contribution in [3.63, 3.8) is 0 Å². The van der Waals surface area contributed by atoms with E-state index in [0.717, 1.165) is 21.3 Å². The van der Waals surface area contributed by atoms with E-state index in [1.165, 1.54) is 12.1 Å². The highest BCUT2D eigenvalue weighted by atomic mass is 79.9. The van der Waals surface area contributed by atoms with Crippen molar-refractivity contribution in [1.82, 2.24) is 0 Å². The average Bonchev–Trinajstić information content (AvgIpc) is 2.38. The minimum Gasteiger partial charge on any atom is -0.488 e. The van der Waals surface area contributed by atoms with Crippen LogP contribution in [0.5, 0.6) is 5.75 Å². The number of rotatable bonds is 4. The van der Waals surface area contributed by atoms with E-state index in [4.69, 9.17) is 10.5 Å². The third-order valence-electron chi connectivity index (χ3n) is 2.61. The Bertz CT molecular complexity index is 545. The lowest BCUT2D eigenvalue weighted by Crippen LogP contribution is -2.05. The fraction of sp³-hybridized carbons (Fsp3) is 0.143. The van der Waals surface area contributed by atoms with Crippen LogP contribution in [0.1, 0.15) is 11.1 Å². The Balaban J connectivity index is 2.15. The number of halogens is 2. The molecule has 94 valence electrons. The van der Waals surface area contributed by atoms with Gasteiger partial charge in [0, 0.05) is 6.54 Å². The molecular weight excluding hydrogens is 297 g/mol. The van der Waals surface area contributed by atoms with Crippen molar-refractivity contribution in [3.8, 4) is 5.75 Å². The molecule has 2 N–H and O–H groups in total. The van der Waals surface area contributed by atoms with Gasteiger partial charge >= 0.3 is 0 Å². The van der Waals surface area contributed by atoms with Crippen LogP contribution >= 0.6 is 15.9 Å². The van der Waals surface area contributed by atoms with Gasteiger partial charge in [-0.25, -0.2) is 4.39 Å². The number of hydrogen-bond donors (Lipinski definition) is 1. The third-order valence-corrected chi connectivity index (χ3v) is 3.26. The zero-order chi connectivity index (χ0) is 13.0. The van der Waals surface area contributed by atoms with Crippen molar-refractivity contribution in [2.24, 2.45) is 5.73 Å². The lowest BCUT2D eigenvalue weighted by Gasteiger charge is -2.11. The molecule has 0 saturated heterocycles. The highest BCUT2D eigenvalue weighted by Crippen LogP contribution is 2.25. The fourth-order valence-electron chi connectivity index (χ4n) is 1.65. The van der Waals surface area contributed by atoms with Crippen molar-refractivity contribution >= 4 is 15.9 Å². The number of para-hydroxylation sites is 1. The summed E-state index contributed by atoms with van der Waals surface area (Å²) in [6, 6.07) is 12.1. The molecule has 2 aromatic carbocycles. The molecule has 18 heavy (non-hydrogen) atoms. The van der Waals surface area contributed by atoms with E-state index in [1.54, 1.807) is 6.07 Å². The van der Waals surface area contributed by atoms with E-state index in [2.05, 4.69) is 15.9 Å². The summed E-state index contributed by atoms with van der Waals surface area (Å²) in [5.41, 5.74) is 7.28. The van der Waals surface area contributed by atoms with Crippen LogP contribution in [0.3, 0.4) is 0 Å². The van der Waals surface area contributed by atoms with Crippen molar-refractivity contribution in [3.05, 3.63) is 63.9 Å². The molecule has 0 amide bonds. The maximum atomic E-state index is 13.2. The molecular formula is C14H13BrFNO. The summed E-state index contributed by atoms with van der Waals surface area (Å²) in [5, 5.41) is 0. The second-order valence-corrected chi connectivity index (χ2v) is 4.69. The Kier molecular flexibility index (Phi) is 4.33. The molecule has 0 saturated carbocycles. The maximum absolute atomic E-state index is 13.2. The van der Waals surface area contributed by atoms with Crippen molar-refractivity contribution in [2.75, 3.05) is 0 Å². The Labute approximate surface area is 114 Å². The summed E-state index contributed by atoms with van der Waals surface area (Å²) >= 11 is 3.40. The number of nitrogens with two attached hydrogens (primary N) is 1. The second-order valence-electron chi connectivity index (χ2n) is 3.84. The van der Waals surface area contributed by atoms with Gasteiger partial charge in [-0.3, -0.25) is 0 Å². The van der Waals surface area contributed by atoms with E-state index < -0.39 is 0 Å². The van der Waals surface area contributed by atoms with Gasteiger partial charge in [0.25, 0.3) is 0 Å². The highest BCUT2D eigenvalue weighted by molar-refractivity contribution is 9.10. The largest absolute Gasteiger partial charge is 0.488 e. The van der Waals surface area contributed by atoms with Crippen LogP contribution in [0.2, 0.25) is 0 Å². The van der Waals surface area contributed by atoms with Crippen LogP contribution in [0.25, 0.3) is 0 Å². The van der Waals surface area contributed by atoms with Crippen molar-refractivity contribution in [2.45, 2.75) is 13.2 Å². The quantitative estimate of drug-likeness (QED) is 0.936. The molecule has 0 unspecified atom stereocenters. The summed E-state index contributed by atoms with van der Waals surface area (Å²) in [6.45, 7) is 0.668. The summed E-state index contributed by atoms with van der Waals surface area (Å²) in [7, 11) is 0. The summed E-state index contributed by atoms with van der Waals surface area (Å²) in [6.07, 6.45) is 0. The average molecular weight is 310 g/mol. The maximum Gasteiger partial charge on any atom is 0.133 e. The molecule has 0 heterocycles. The van der Waals surface area contributed by atoms with Crippen LogP contribution in [0.15, 0.2) is 46.9 Å². The zero-order valence-electron chi connectivity index (χ0n) is 9.70. The summed E-state index contributed by atoms with van der Waals surface area (Å²) in [4.78, 5) is 0. The van der Waals surface area contributed by atoms with Crippen LogP contribution in [-0.2, 0) is 13.2 Å². The predicted octanol–water partition coefficient (Wildman–Crippen LogP) is 3.63. The van der Waals surface area contributed by atoms with Gasteiger partial charge in [-0.2, -0.15) is 0 Å². The second kappa shape index (κ2) is 5.98.